The molecule has 0 fully saturated rings. The van der Waals surface area contributed by atoms with Crippen molar-refractivity contribution < 1.29 is 89.0 Å². The molecule has 0 aliphatic carbocycles. The van der Waals surface area contributed by atoms with Gasteiger partial charge in [-0.1, -0.05) is 6.92 Å². The summed E-state index contributed by atoms with van der Waals surface area (Å²) < 4.78 is 232. The highest BCUT2D eigenvalue weighted by atomic mass is 32.1. The second-order valence-corrected chi connectivity index (χ2v) is 8.88. The average molecular weight is 645 g/mol. The van der Waals surface area contributed by atoms with E-state index in [1.807, 2.05) is 0 Å². The van der Waals surface area contributed by atoms with Gasteiger partial charge >= 0.3 is 59.5 Å². The number of nitrogens with one attached hydrogen (secondary N) is 1. The molecule has 1 heterocycles. The second-order valence-electron chi connectivity index (χ2n) is 7.66. The van der Waals surface area contributed by atoms with Crippen LogP contribution in [0.5, 0.6) is 0 Å². The number of methoxy groups -OCH3 is 1. The fourth-order valence-electron chi connectivity index (χ4n) is 2.90. The first kappa shape index (κ1) is 35.5. The molecule has 0 unspecified atom stereocenters. The van der Waals surface area contributed by atoms with Crippen LogP contribution in [0.25, 0.3) is 0 Å². The summed E-state index contributed by atoms with van der Waals surface area (Å²) in [6.07, 6.45) is -8.02. The molecule has 0 aliphatic heterocycles. The van der Waals surface area contributed by atoms with E-state index < -0.39 is 70.1 Å². The number of amides is 1. The van der Waals surface area contributed by atoms with E-state index in [0.717, 1.165) is 12.2 Å². The van der Waals surface area contributed by atoms with Crippen molar-refractivity contribution >= 4 is 28.2 Å². The van der Waals surface area contributed by atoms with Crippen molar-refractivity contribution in [3.8, 4) is 0 Å². The fraction of sp³-hybridized carbons (Fsp3) is 0.667. The second kappa shape index (κ2) is 10.1. The largest absolute Gasteiger partial charge is 0.465 e. The Morgan fingerprint density at radius 3 is 1.43 bits per heavy atom. The quantitative estimate of drug-likeness (QED) is 0.214. The molecular weight excluding hydrogens is 633 g/mol. The van der Waals surface area contributed by atoms with Crippen LogP contribution in [0.4, 0.5) is 79.6 Å². The van der Waals surface area contributed by atoms with Gasteiger partial charge in [-0.05, 0) is 18.9 Å². The molecule has 1 N–H and O–H groups in total. The molecule has 1 amide bonds. The number of anilines is 1. The summed E-state index contributed by atoms with van der Waals surface area (Å²) in [5.74, 6) is -63.9. The predicted molar refractivity (Wildman–Crippen MR) is 99.1 cm³/mol. The van der Waals surface area contributed by atoms with E-state index in [9.17, 15) is 84.2 Å². The van der Waals surface area contributed by atoms with E-state index in [1.54, 1.807) is 0 Å². The summed E-state index contributed by atoms with van der Waals surface area (Å²) in [6, 6.07) is 0. The number of ether oxygens (including phenoxy) is 1. The first-order valence-electron chi connectivity index (χ1n) is 9.70. The van der Waals surface area contributed by atoms with Crippen molar-refractivity contribution in [1.29, 1.82) is 0 Å². The Morgan fingerprint density at radius 1 is 0.700 bits per heavy atom. The summed E-state index contributed by atoms with van der Waals surface area (Å²) in [5, 5.41) is -0.384. The topological polar surface area (TPSA) is 55.4 Å². The number of thiophene rings is 1. The van der Waals surface area contributed by atoms with Crippen LogP contribution in [0.1, 0.15) is 27.7 Å². The van der Waals surface area contributed by atoms with Gasteiger partial charge in [0.25, 0.3) is 0 Å². The van der Waals surface area contributed by atoms with Gasteiger partial charge in [0.15, 0.2) is 0 Å². The SMILES string of the molecule is CCc1c(C)sc(NC(=O)C(F)(F)C(F)(F)C(F)(F)C(F)(F)C(F)(F)C(F)(F)C(F)(F)C(F)(F)F)c1C(=O)OC. The molecular formula is C18H12F17NO3S. The van der Waals surface area contributed by atoms with Gasteiger partial charge in [0.2, 0.25) is 0 Å². The van der Waals surface area contributed by atoms with E-state index in [2.05, 4.69) is 4.74 Å². The maximum Gasteiger partial charge on any atom is 0.460 e. The lowest BCUT2D eigenvalue weighted by Crippen LogP contribution is -2.75. The fourth-order valence-corrected chi connectivity index (χ4v) is 4.03. The van der Waals surface area contributed by atoms with Crippen LogP contribution >= 0.6 is 11.3 Å². The first-order valence-corrected chi connectivity index (χ1v) is 10.5. The van der Waals surface area contributed by atoms with Crippen LogP contribution in [-0.2, 0) is 16.0 Å². The molecule has 0 atom stereocenters. The smallest absolute Gasteiger partial charge is 0.460 e. The highest BCUT2D eigenvalue weighted by molar-refractivity contribution is 7.16. The molecule has 40 heavy (non-hydrogen) atoms. The molecule has 0 aromatic carbocycles. The number of hydrogen-bond donors (Lipinski definition) is 1. The predicted octanol–water partition coefficient (Wildman–Crippen LogP) is 7.35. The molecule has 1 rings (SSSR count). The van der Waals surface area contributed by atoms with Crippen LogP contribution in [0.2, 0.25) is 0 Å². The minimum Gasteiger partial charge on any atom is -0.465 e. The molecule has 0 aliphatic rings. The maximum atomic E-state index is 14.2. The third kappa shape index (κ3) is 4.72. The van der Waals surface area contributed by atoms with E-state index >= 15 is 0 Å². The van der Waals surface area contributed by atoms with E-state index in [1.165, 1.54) is 6.92 Å². The monoisotopic (exact) mass is 645 g/mol. The van der Waals surface area contributed by atoms with Crippen LogP contribution in [-0.4, -0.2) is 66.6 Å². The molecule has 0 saturated carbocycles. The Bertz CT molecular complexity index is 1140. The number of carbonyl (C=O) groups is 2. The number of aryl methyl sites for hydroxylation is 1. The maximum absolute atomic E-state index is 14.2. The van der Waals surface area contributed by atoms with E-state index in [4.69, 9.17) is 0 Å². The van der Waals surface area contributed by atoms with Crippen molar-refractivity contribution in [2.24, 2.45) is 0 Å². The lowest BCUT2D eigenvalue weighted by atomic mass is 9.89. The molecule has 0 spiro atoms. The molecule has 22 heteroatoms. The van der Waals surface area contributed by atoms with Crippen LogP contribution in [0.3, 0.4) is 0 Å². The van der Waals surface area contributed by atoms with Crippen molar-refractivity contribution in [3.05, 3.63) is 16.0 Å². The third-order valence-electron chi connectivity index (χ3n) is 5.19. The summed E-state index contributed by atoms with van der Waals surface area (Å²) in [6.45, 7) is 2.46. The minimum atomic E-state index is -8.81. The van der Waals surface area contributed by atoms with Gasteiger partial charge < -0.3 is 10.1 Å². The number of carbonyl (C=O) groups excluding carboxylic acids is 2. The average Bonchev–Trinajstić information content (AvgIpc) is 3.11. The summed E-state index contributed by atoms with van der Waals surface area (Å²) >= 11 is 0.134. The zero-order chi connectivity index (χ0) is 32.3. The van der Waals surface area contributed by atoms with Gasteiger partial charge in [0.1, 0.15) is 5.00 Å². The Labute approximate surface area is 214 Å². The molecule has 4 nitrogen and oxygen atoms in total. The molecule has 1 aromatic rings. The van der Waals surface area contributed by atoms with Gasteiger partial charge in [-0.3, -0.25) is 4.79 Å². The standard InChI is InChI=1S/C18H12F17NO3S/c1-4-6-5(2)40-8(7(6)9(37)39-3)36-10(38)11(19,20)12(21,22)13(23,24)14(25,26)15(27,28)16(29,30)17(31,32)18(33,34)35/h4H2,1-3H3,(H,36,38). The Kier molecular flexibility index (Phi) is 8.93. The van der Waals surface area contributed by atoms with Crippen LogP contribution in [0, 0.1) is 6.92 Å². The van der Waals surface area contributed by atoms with Crippen molar-refractivity contribution in [3.63, 3.8) is 0 Å². The summed E-state index contributed by atoms with van der Waals surface area (Å²) in [7, 11) is 0.685. The lowest BCUT2D eigenvalue weighted by Gasteiger charge is -2.42. The minimum absolute atomic E-state index is 0.0161. The van der Waals surface area contributed by atoms with Gasteiger partial charge in [-0.25, -0.2) is 4.79 Å². The number of rotatable bonds is 10. The number of esters is 1. The van der Waals surface area contributed by atoms with Crippen molar-refractivity contribution in [2.45, 2.75) is 67.9 Å². The van der Waals surface area contributed by atoms with Gasteiger partial charge in [-0.15, -0.1) is 11.3 Å². The Hall–Kier alpha value is -2.55. The third-order valence-corrected chi connectivity index (χ3v) is 6.25. The molecule has 1 aromatic heterocycles. The van der Waals surface area contributed by atoms with Crippen LogP contribution in [0.15, 0.2) is 0 Å². The molecule has 0 saturated heterocycles. The zero-order valence-electron chi connectivity index (χ0n) is 19.3. The van der Waals surface area contributed by atoms with Gasteiger partial charge in [0.05, 0.1) is 12.7 Å². The highest BCUT2D eigenvalue weighted by Crippen LogP contribution is 2.64. The Balaban J connectivity index is 3.68. The Morgan fingerprint density at radius 2 is 1.07 bits per heavy atom. The number of halogens is 17. The highest BCUT2D eigenvalue weighted by Gasteiger charge is 2.95. The van der Waals surface area contributed by atoms with Gasteiger partial charge in [0, 0.05) is 4.88 Å². The van der Waals surface area contributed by atoms with E-state index in [0.29, 0.717) is 7.11 Å². The van der Waals surface area contributed by atoms with Crippen molar-refractivity contribution in [2.75, 3.05) is 12.4 Å². The van der Waals surface area contributed by atoms with E-state index in [-0.39, 0.29) is 28.2 Å². The summed E-state index contributed by atoms with van der Waals surface area (Å²) in [5.41, 5.74) is -0.941. The number of alkyl halides is 17. The number of hydrogen-bond acceptors (Lipinski definition) is 4. The molecule has 232 valence electrons. The molecule has 0 radical (unpaired) electrons. The first-order chi connectivity index (χ1) is 17.5. The normalized spacial score (nSPS) is 14.8. The van der Waals surface area contributed by atoms with Gasteiger partial charge in [-0.2, -0.15) is 74.6 Å². The van der Waals surface area contributed by atoms with Crippen molar-refractivity contribution in [1.82, 2.24) is 0 Å². The molecule has 0 bridgehead atoms. The lowest BCUT2D eigenvalue weighted by molar-refractivity contribution is -0.459. The van der Waals surface area contributed by atoms with Crippen LogP contribution < -0.4 is 5.32 Å². The summed E-state index contributed by atoms with van der Waals surface area (Å²) in [4.78, 5) is 23.7. The zero-order valence-corrected chi connectivity index (χ0v) is 20.1.